The molecule has 3 heteroatoms. The fourth-order valence-electron chi connectivity index (χ4n) is 2.84. The van der Waals surface area contributed by atoms with Crippen molar-refractivity contribution in [2.24, 2.45) is 5.92 Å². The van der Waals surface area contributed by atoms with Crippen molar-refractivity contribution in [3.63, 3.8) is 0 Å². The monoisotopic (exact) mass is 278 g/mol. The summed E-state index contributed by atoms with van der Waals surface area (Å²) in [4.78, 5) is 0. The number of ether oxygens (including phenoxy) is 1. The zero-order valence-corrected chi connectivity index (χ0v) is 12.3. The van der Waals surface area contributed by atoms with Crippen LogP contribution in [0.25, 0.3) is 0 Å². The van der Waals surface area contributed by atoms with Crippen molar-refractivity contribution >= 4 is 0 Å². The van der Waals surface area contributed by atoms with E-state index in [4.69, 9.17) is 4.74 Å². The standard InChI is InChI=1S/C17H26O3/c1-13(18)10-17(19)15-8-5-9-16(11-15)20-12-14-6-3-2-4-7-14/h5,8-9,11,13-14,17-19H,2-4,6-7,10,12H2,1H3/t13-,17?/m0/s1. The summed E-state index contributed by atoms with van der Waals surface area (Å²) in [5, 5.41) is 19.4. The van der Waals surface area contributed by atoms with Gasteiger partial charge in [-0.05, 0) is 43.4 Å². The molecule has 1 unspecified atom stereocenters. The molecule has 0 spiro atoms. The molecule has 0 radical (unpaired) electrons. The third-order valence-corrected chi connectivity index (χ3v) is 4.02. The molecule has 0 aromatic heterocycles. The number of hydrogen-bond acceptors (Lipinski definition) is 3. The minimum atomic E-state index is -0.631. The summed E-state index contributed by atoms with van der Waals surface area (Å²) in [5.74, 6) is 1.49. The minimum Gasteiger partial charge on any atom is -0.493 e. The Labute approximate surface area is 121 Å². The van der Waals surface area contributed by atoms with Crippen LogP contribution in [0.2, 0.25) is 0 Å². The first-order valence-electron chi connectivity index (χ1n) is 7.74. The summed E-state index contributed by atoms with van der Waals surface area (Å²) < 4.78 is 5.87. The lowest BCUT2D eigenvalue weighted by Gasteiger charge is -2.22. The lowest BCUT2D eigenvalue weighted by Crippen LogP contribution is -2.15. The largest absolute Gasteiger partial charge is 0.493 e. The van der Waals surface area contributed by atoms with Gasteiger partial charge in [-0.25, -0.2) is 0 Å². The Bertz CT molecular complexity index is 397. The number of aliphatic hydroxyl groups excluding tert-OH is 2. The molecular formula is C17H26O3. The highest BCUT2D eigenvalue weighted by Crippen LogP contribution is 2.26. The van der Waals surface area contributed by atoms with Gasteiger partial charge in [-0.1, -0.05) is 31.4 Å². The quantitative estimate of drug-likeness (QED) is 0.838. The fraction of sp³-hybridized carbons (Fsp3) is 0.647. The van der Waals surface area contributed by atoms with Crippen LogP contribution < -0.4 is 4.74 Å². The third kappa shape index (κ3) is 4.80. The second-order valence-corrected chi connectivity index (χ2v) is 5.99. The molecule has 0 heterocycles. The van der Waals surface area contributed by atoms with Crippen molar-refractivity contribution in [2.75, 3.05) is 6.61 Å². The smallest absolute Gasteiger partial charge is 0.119 e. The molecule has 112 valence electrons. The van der Waals surface area contributed by atoms with Gasteiger partial charge in [0.2, 0.25) is 0 Å². The predicted molar refractivity (Wildman–Crippen MR) is 79.8 cm³/mol. The topological polar surface area (TPSA) is 49.7 Å². The van der Waals surface area contributed by atoms with Crippen molar-refractivity contribution in [1.82, 2.24) is 0 Å². The van der Waals surface area contributed by atoms with Gasteiger partial charge in [0.1, 0.15) is 5.75 Å². The lowest BCUT2D eigenvalue weighted by atomic mass is 9.90. The van der Waals surface area contributed by atoms with Crippen LogP contribution in [0, 0.1) is 5.92 Å². The summed E-state index contributed by atoms with van der Waals surface area (Å²) in [5.41, 5.74) is 0.812. The van der Waals surface area contributed by atoms with Gasteiger partial charge in [-0.15, -0.1) is 0 Å². The molecule has 1 aromatic rings. The van der Waals surface area contributed by atoms with Gasteiger partial charge >= 0.3 is 0 Å². The van der Waals surface area contributed by atoms with E-state index in [1.54, 1.807) is 6.92 Å². The molecule has 2 rings (SSSR count). The van der Waals surface area contributed by atoms with Crippen molar-refractivity contribution in [1.29, 1.82) is 0 Å². The van der Waals surface area contributed by atoms with Crippen LogP contribution in [-0.4, -0.2) is 22.9 Å². The van der Waals surface area contributed by atoms with Crippen LogP contribution >= 0.6 is 0 Å². The molecule has 1 fully saturated rings. The number of rotatable bonds is 6. The van der Waals surface area contributed by atoms with Crippen LogP contribution in [0.1, 0.15) is 57.1 Å². The van der Waals surface area contributed by atoms with Crippen LogP contribution in [0.15, 0.2) is 24.3 Å². The molecule has 1 aliphatic rings. The number of hydrogen-bond donors (Lipinski definition) is 2. The van der Waals surface area contributed by atoms with Crippen molar-refractivity contribution in [3.8, 4) is 5.75 Å². The van der Waals surface area contributed by atoms with E-state index in [0.717, 1.165) is 17.9 Å². The Morgan fingerprint density at radius 1 is 1.20 bits per heavy atom. The zero-order chi connectivity index (χ0) is 14.4. The molecule has 0 saturated heterocycles. The maximum atomic E-state index is 10.0. The average molecular weight is 278 g/mol. The van der Waals surface area contributed by atoms with Crippen LogP contribution in [0.4, 0.5) is 0 Å². The number of aliphatic hydroxyl groups is 2. The molecule has 1 aliphatic carbocycles. The molecule has 3 nitrogen and oxygen atoms in total. The maximum Gasteiger partial charge on any atom is 0.119 e. The van der Waals surface area contributed by atoms with E-state index >= 15 is 0 Å². The average Bonchev–Trinajstić information content (AvgIpc) is 2.46. The second-order valence-electron chi connectivity index (χ2n) is 5.99. The summed E-state index contributed by atoms with van der Waals surface area (Å²) in [6.45, 7) is 2.46. The van der Waals surface area contributed by atoms with Gasteiger partial charge in [0.15, 0.2) is 0 Å². The van der Waals surface area contributed by atoms with Crippen LogP contribution in [0.5, 0.6) is 5.75 Å². The van der Waals surface area contributed by atoms with Gasteiger partial charge in [-0.2, -0.15) is 0 Å². The Morgan fingerprint density at radius 3 is 2.65 bits per heavy atom. The summed E-state index contributed by atoms with van der Waals surface area (Å²) in [6, 6.07) is 7.59. The van der Waals surface area contributed by atoms with Crippen molar-refractivity contribution in [2.45, 2.75) is 57.7 Å². The maximum absolute atomic E-state index is 10.0. The van der Waals surface area contributed by atoms with Crippen molar-refractivity contribution < 1.29 is 14.9 Å². The van der Waals surface area contributed by atoms with Gasteiger partial charge in [-0.3, -0.25) is 0 Å². The van der Waals surface area contributed by atoms with Crippen LogP contribution in [-0.2, 0) is 0 Å². The zero-order valence-electron chi connectivity index (χ0n) is 12.3. The highest BCUT2D eigenvalue weighted by molar-refractivity contribution is 5.30. The van der Waals surface area contributed by atoms with Crippen molar-refractivity contribution in [3.05, 3.63) is 29.8 Å². The first-order chi connectivity index (χ1) is 9.65. The first kappa shape index (κ1) is 15.3. The Balaban J connectivity index is 1.88. The number of benzene rings is 1. The summed E-state index contributed by atoms with van der Waals surface area (Å²) >= 11 is 0. The Hall–Kier alpha value is -1.06. The predicted octanol–water partition coefficient (Wildman–Crippen LogP) is 3.45. The van der Waals surface area contributed by atoms with E-state index < -0.39 is 12.2 Å². The SMILES string of the molecule is C[C@H](O)CC(O)c1cccc(OCC2CCCCC2)c1. The summed E-state index contributed by atoms with van der Waals surface area (Å²) in [7, 11) is 0. The minimum absolute atomic E-state index is 0.353. The molecule has 0 aliphatic heterocycles. The second kappa shape index (κ2) is 7.65. The van der Waals surface area contributed by atoms with Crippen LogP contribution in [0.3, 0.4) is 0 Å². The van der Waals surface area contributed by atoms with E-state index in [1.807, 2.05) is 24.3 Å². The Morgan fingerprint density at radius 2 is 1.95 bits per heavy atom. The van der Waals surface area contributed by atoms with Gasteiger partial charge in [0, 0.05) is 6.42 Å². The van der Waals surface area contributed by atoms with E-state index in [-0.39, 0.29) is 0 Å². The molecule has 20 heavy (non-hydrogen) atoms. The molecule has 2 atom stereocenters. The molecule has 2 N–H and O–H groups in total. The van der Waals surface area contributed by atoms with Gasteiger partial charge < -0.3 is 14.9 Å². The van der Waals surface area contributed by atoms with Gasteiger partial charge in [0.05, 0.1) is 18.8 Å². The van der Waals surface area contributed by atoms with Gasteiger partial charge in [0.25, 0.3) is 0 Å². The van der Waals surface area contributed by atoms with E-state index in [2.05, 4.69) is 0 Å². The molecular weight excluding hydrogens is 252 g/mol. The molecule has 0 bridgehead atoms. The first-order valence-corrected chi connectivity index (χ1v) is 7.74. The Kier molecular flexibility index (Phi) is 5.86. The fourth-order valence-corrected chi connectivity index (χ4v) is 2.84. The third-order valence-electron chi connectivity index (χ3n) is 4.02. The molecule has 0 amide bonds. The normalized spacial score (nSPS) is 19.6. The summed E-state index contributed by atoms with van der Waals surface area (Å²) in [6.07, 6.45) is 5.76. The van der Waals surface area contributed by atoms with E-state index in [0.29, 0.717) is 12.3 Å². The van der Waals surface area contributed by atoms with E-state index in [1.165, 1.54) is 32.1 Å². The highest BCUT2D eigenvalue weighted by Gasteiger charge is 2.15. The molecule has 1 aromatic carbocycles. The molecule has 1 saturated carbocycles. The van der Waals surface area contributed by atoms with E-state index in [9.17, 15) is 10.2 Å². The highest BCUT2D eigenvalue weighted by atomic mass is 16.5. The lowest BCUT2D eigenvalue weighted by molar-refractivity contribution is 0.0904.